The van der Waals surface area contributed by atoms with Crippen LogP contribution in [0.5, 0.6) is 5.75 Å². The van der Waals surface area contributed by atoms with Crippen molar-refractivity contribution in [1.29, 1.82) is 0 Å². The van der Waals surface area contributed by atoms with Crippen LogP contribution in [0.4, 0.5) is 15.8 Å². The number of halogens is 1. The maximum absolute atomic E-state index is 13.8. The Morgan fingerprint density at radius 2 is 2.15 bits per heavy atom. The summed E-state index contributed by atoms with van der Waals surface area (Å²) in [6.07, 6.45) is 5.63. The van der Waals surface area contributed by atoms with Crippen molar-refractivity contribution in [2.24, 2.45) is 0 Å². The smallest absolute Gasteiger partial charge is 0.167 e. The third-order valence-corrected chi connectivity index (χ3v) is 4.73. The average Bonchev–Trinajstić information content (AvgIpc) is 2.82. The molecule has 0 bridgehead atoms. The lowest BCUT2D eigenvalue weighted by Crippen LogP contribution is -2.26. The number of anilines is 2. The fourth-order valence-electron chi connectivity index (χ4n) is 2.61. The second-order valence-electron chi connectivity index (χ2n) is 5.49. The highest BCUT2D eigenvalue weighted by Gasteiger charge is 2.27. The molecular weight excluding hydrogens is 275 g/mol. The molecule has 20 heavy (non-hydrogen) atoms. The van der Waals surface area contributed by atoms with E-state index in [1.807, 2.05) is 25.6 Å². The molecule has 1 aromatic rings. The largest absolute Gasteiger partial charge is 0.488 e. The molecule has 0 amide bonds. The molecule has 3 nitrogen and oxygen atoms in total. The molecule has 0 radical (unpaired) electrons. The molecule has 1 aromatic carbocycles. The summed E-state index contributed by atoms with van der Waals surface area (Å²) in [5.74, 6) is -0.148. The third-order valence-electron chi connectivity index (χ3n) is 3.56. The lowest BCUT2D eigenvalue weighted by Gasteiger charge is -2.22. The lowest BCUT2D eigenvalue weighted by atomic mass is 10.2. The van der Waals surface area contributed by atoms with E-state index in [-0.39, 0.29) is 11.9 Å². The summed E-state index contributed by atoms with van der Waals surface area (Å²) in [4.78, 5) is 0. The van der Waals surface area contributed by atoms with Crippen LogP contribution in [0.25, 0.3) is 0 Å². The fourth-order valence-corrected chi connectivity index (χ4v) is 3.55. The second kappa shape index (κ2) is 6.57. The lowest BCUT2D eigenvalue weighted by molar-refractivity contribution is 0.231. The zero-order valence-corrected chi connectivity index (χ0v) is 13.1. The van der Waals surface area contributed by atoms with Crippen LogP contribution in [0, 0.1) is 5.82 Å². The van der Waals surface area contributed by atoms with Gasteiger partial charge in [-0.15, -0.1) is 0 Å². The summed E-state index contributed by atoms with van der Waals surface area (Å²) in [7, 11) is 0. The Kier molecular flexibility index (Phi) is 5.02. The Morgan fingerprint density at radius 3 is 2.80 bits per heavy atom. The Bertz CT molecular complexity index is 467. The molecule has 0 saturated heterocycles. The number of nitrogens with two attached hydrogens (primary N) is 1. The Labute approximate surface area is 124 Å². The summed E-state index contributed by atoms with van der Waals surface area (Å²) in [6.45, 7) is 3.76. The number of rotatable bonds is 5. The number of hydrogen-bond donors (Lipinski definition) is 2. The summed E-state index contributed by atoms with van der Waals surface area (Å²) < 4.78 is 19.3. The molecule has 0 aromatic heterocycles. The van der Waals surface area contributed by atoms with Crippen molar-refractivity contribution in [2.75, 3.05) is 17.3 Å². The number of thioether (sulfide) groups is 1. The second-order valence-corrected chi connectivity index (χ2v) is 6.57. The fraction of sp³-hybridized carbons (Fsp3) is 0.600. The minimum atomic E-state index is -0.408. The van der Waals surface area contributed by atoms with E-state index >= 15 is 0 Å². The van der Waals surface area contributed by atoms with Crippen LogP contribution >= 0.6 is 11.8 Å². The van der Waals surface area contributed by atoms with Gasteiger partial charge in [-0.05, 0) is 32.9 Å². The predicted molar refractivity (Wildman–Crippen MR) is 85.1 cm³/mol. The van der Waals surface area contributed by atoms with Crippen LogP contribution in [-0.2, 0) is 0 Å². The van der Waals surface area contributed by atoms with Gasteiger partial charge in [-0.25, -0.2) is 4.39 Å². The molecule has 5 heteroatoms. The van der Waals surface area contributed by atoms with Gasteiger partial charge in [-0.2, -0.15) is 11.8 Å². The van der Waals surface area contributed by atoms with E-state index in [0.29, 0.717) is 17.0 Å². The maximum Gasteiger partial charge on any atom is 0.167 e. The van der Waals surface area contributed by atoms with Gasteiger partial charge in [-0.3, -0.25) is 0 Å². The van der Waals surface area contributed by atoms with Crippen molar-refractivity contribution in [3.63, 3.8) is 0 Å². The van der Waals surface area contributed by atoms with E-state index in [1.165, 1.54) is 18.9 Å². The molecule has 1 aliphatic carbocycles. The van der Waals surface area contributed by atoms with Gasteiger partial charge >= 0.3 is 0 Å². The first-order chi connectivity index (χ1) is 9.51. The molecule has 2 rings (SSSR count). The average molecular weight is 298 g/mol. The van der Waals surface area contributed by atoms with E-state index in [2.05, 4.69) is 11.6 Å². The topological polar surface area (TPSA) is 47.3 Å². The molecule has 0 heterocycles. The molecule has 2 atom stereocenters. The van der Waals surface area contributed by atoms with E-state index in [0.717, 1.165) is 12.1 Å². The van der Waals surface area contributed by atoms with Gasteiger partial charge in [0, 0.05) is 23.4 Å². The van der Waals surface area contributed by atoms with Gasteiger partial charge in [0.2, 0.25) is 0 Å². The Hall–Kier alpha value is -1.10. The molecule has 0 spiro atoms. The highest BCUT2D eigenvalue weighted by molar-refractivity contribution is 7.99. The SMILES string of the molecule is CSC1CCCC1Nc1cc(OC(C)C)c(F)cc1N. The normalized spacial score (nSPS) is 22.2. The minimum absolute atomic E-state index is 0.0635. The van der Waals surface area contributed by atoms with Crippen LogP contribution in [0.3, 0.4) is 0 Å². The molecule has 1 fully saturated rings. The Balaban J connectivity index is 2.18. The first-order valence-electron chi connectivity index (χ1n) is 7.06. The van der Waals surface area contributed by atoms with E-state index < -0.39 is 5.82 Å². The van der Waals surface area contributed by atoms with Gasteiger partial charge in [-0.1, -0.05) is 6.42 Å². The van der Waals surface area contributed by atoms with Crippen molar-refractivity contribution in [2.45, 2.75) is 50.5 Å². The molecule has 3 N–H and O–H groups in total. The van der Waals surface area contributed by atoms with Crippen LogP contribution in [0.15, 0.2) is 12.1 Å². The van der Waals surface area contributed by atoms with Crippen molar-refractivity contribution in [1.82, 2.24) is 0 Å². The van der Waals surface area contributed by atoms with Gasteiger partial charge in [0.15, 0.2) is 11.6 Å². The van der Waals surface area contributed by atoms with Crippen molar-refractivity contribution >= 4 is 23.1 Å². The number of nitrogen functional groups attached to an aromatic ring is 1. The van der Waals surface area contributed by atoms with Crippen molar-refractivity contribution in [3.05, 3.63) is 17.9 Å². The first kappa shape index (κ1) is 15.3. The minimum Gasteiger partial charge on any atom is -0.488 e. The van der Waals surface area contributed by atoms with E-state index in [1.54, 1.807) is 6.07 Å². The summed E-state index contributed by atoms with van der Waals surface area (Å²) in [5, 5.41) is 4.05. The number of ether oxygens (including phenoxy) is 1. The van der Waals surface area contributed by atoms with E-state index in [4.69, 9.17) is 10.5 Å². The molecule has 2 unspecified atom stereocenters. The summed E-state index contributed by atoms with van der Waals surface area (Å²) >= 11 is 1.87. The molecule has 1 saturated carbocycles. The quantitative estimate of drug-likeness (QED) is 0.810. The highest BCUT2D eigenvalue weighted by Crippen LogP contribution is 2.34. The Morgan fingerprint density at radius 1 is 1.40 bits per heavy atom. The number of nitrogens with one attached hydrogen (secondary N) is 1. The van der Waals surface area contributed by atoms with Crippen LogP contribution in [0.1, 0.15) is 33.1 Å². The molecular formula is C15H23FN2OS. The van der Waals surface area contributed by atoms with Gasteiger partial charge in [0.1, 0.15) is 0 Å². The van der Waals surface area contributed by atoms with Gasteiger partial charge in [0.05, 0.1) is 17.5 Å². The number of hydrogen-bond acceptors (Lipinski definition) is 4. The molecule has 112 valence electrons. The maximum atomic E-state index is 13.8. The van der Waals surface area contributed by atoms with Gasteiger partial charge < -0.3 is 15.8 Å². The highest BCUT2D eigenvalue weighted by atomic mass is 32.2. The predicted octanol–water partition coefficient (Wildman–Crippen LogP) is 3.89. The molecule has 0 aliphatic heterocycles. The number of benzene rings is 1. The monoisotopic (exact) mass is 298 g/mol. The van der Waals surface area contributed by atoms with Gasteiger partial charge in [0.25, 0.3) is 0 Å². The third kappa shape index (κ3) is 3.51. The standard InChI is InChI=1S/C15H23FN2OS/c1-9(2)19-14-8-13(11(17)7-10(14)16)18-12-5-4-6-15(12)20-3/h7-9,12,15,18H,4-6,17H2,1-3H3. The molecule has 1 aliphatic rings. The van der Waals surface area contributed by atoms with E-state index in [9.17, 15) is 4.39 Å². The summed E-state index contributed by atoms with van der Waals surface area (Å²) in [5.41, 5.74) is 7.13. The zero-order chi connectivity index (χ0) is 14.7. The van der Waals surface area contributed by atoms with Crippen molar-refractivity contribution < 1.29 is 9.13 Å². The van der Waals surface area contributed by atoms with Crippen LogP contribution in [0.2, 0.25) is 0 Å². The summed E-state index contributed by atoms with van der Waals surface area (Å²) in [6, 6.07) is 3.41. The van der Waals surface area contributed by atoms with Crippen LogP contribution < -0.4 is 15.8 Å². The zero-order valence-electron chi connectivity index (χ0n) is 12.3. The first-order valence-corrected chi connectivity index (χ1v) is 8.35. The van der Waals surface area contributed by atoms with Crippen molar-refractivity contribution in [3.8, 4) is 5.75 Å². The van der Waals surface area contributed by atoms with Crippen LogP contribution in [-0.4, -0.2) is 23.7 Å².